The highest BCUT2D eigenvalue weighted by molar-refractivity contribution is 6.27. The maximum absolute atomic E-state index is 13.1. The van der Waals surface area contributed by atoms with Gasteiger partial charge in [0.2, 0.25) is 0 Å². The molecule has 178 valence electrons. The number of aromatic amines is 1. The van der Waals surface area contributed by atoms with Gasteiger partial charge >= 0.3 is 12.2 Å². The van der Waals surface area contributed by atoms with E-state index in [4.69, 9.17) is 9.47 Å². The third kappa shape index (κ3) is 4.01. The number of methoxy groups -OCH3 is 1. The molecule has 0 bridgehead atoms. The zero-order chi connectivity index (χ0) is 24.7. The number of pyridine rings is 1. The molecule has 1 fully saturated rings. The zero-order valence-electron chi connectivity index (χ0n) is 18.2. The molecule has 1 saturated heterocycles. The molecule has 1 N–H and O–H groups in total. The Morgan fingerprint density at radius 1 is 1.03 bits per heavy atom. The minimum Gasteiger partial charge on any atom is -0.494 e. The molecule has 3 amide bonds. The average Bonchev–Trinajstić information content (AvgIpc) is 3.43. The van der Waals surface area contributed by atoms with E-state index < -0.39 is 30.2 Å². The number of carbonyl (C=O) groups excluding carboxylic acids is 2. The van der Waals surface area contributed by atoms with E-state index >= 15 is 0 Å². The van der Waals surface area contributed by atoms with Gasteiger partial charge in [0.25, 0.3) is 5.91 Å². The third-order valence-corrected chi connectivity index (χ3v) is 5.49. The van der Waals surface area contributed by atoms with Crippen LogP contribution in [0, 0.1) is 0 Å². The number of anilines is 2. The van der Waals surface area contributed by atoms with Gasteiger partial charge in [-0.3, -0.25) is 9.69 Å². The fourth-order valence-electron chi connectivity index (χ4n) is 3.85. The smallest absolute Gasteiger partial charge is 0.416 e. The Balaban J connectivity index is 1.44. The van der Waals surface area contributed by atoms with E-state index in [1.807, 2.05) is 6.07 Å². The summed E-state index contributed by atoms with van der Waals surface area (Å²) in [5.74, 6) is 0.486. The molecule has 3 heterocycles. The van der Waals surface area contributed by atoms with Crippen LogP contribution in [-0.2, 0) is 11.0 Å². The van der Waals surface area contributed by atoms with Crippen LogP contribution in [0.2, 0.25) is 0 Å². The molecule has 0 atom stereocenters. The van der Waals surface area contributed by atoms with Crippen molar-refractivity contribution in [2.75, 3.05) is 23.5 Å². The number of fused-ring (bicyclic) bond motifs is 1. The summed E-state index contributed by atoms with van der Waals surface area (Å²) in [5.41, 5.74) is -0.159. The number of urea groups is 1. The summed E-state index contributed by atoms with van der Waals surface area (Å²) >= 11 is 0. The summed E-state index contributed by atoms with van der Waals surface area (Å²) in [6.07, 6.45) is -1.26. The molecular formula is C24H17F3N4O4. The van der Waals surface area contributed by atoms with Gasteiger partial charge < -0.3 is 14.5 Å². The van der Waals surface area contributed by atoms with Crippen molar-refractivity contribution in [1.29, 1.82) is 0 Å². The number of carbonyl (C=O) groups is 2. The van der Waals surface area contributed by atoms with Gasteiger partial charge in [-0.15, -0.1) is 0 Å². The van der Waals surface area contributed by atoms with Crippen LogP contribution in [0.5, 0.6) is 17.2 Å². The largest absolute Gasteiger partial charge is 0.494 e. The molecule has 2 aromatic carbocycles. The van der Waals surface area contributed by atoms with Crippen LogP contribution in [-0.4, -0.2) is 35.6 Å². The lowest BCUT2D eigenvalue weighted by Gasteiger charge is -2.20. The zero-order valence-corrected chi connectivity index (χ0v) is 18.2. The number of aromatic nitrogens is 2. The molecule has 0 aliphatic carbocycles. The lowest BCUT2D eigenvalue weighted by atomic mass is 10.2. The van der Waals surface area contributed by atoms with Crippen LogP contribution in [0.1, 0.15) is 5.56 Å². The molecule has 0 radical (unpaired) electrons. The van der Waals surface area contributed by atoms with E-state index in [0.29, 0.717) is 17.1 Å². The predicted molar refractivity (Wildman–Crippen MR) is 121 cm³/mol. The molecule has 11 heteroatoms. The van der Waals surface area contributed by atoms with Crippen LogP contribution >= 0.6 is 0 Å². The minimum absolute atomic E-state index is 0.0344. The number of amides is 3. The van der Waals surface area contributed by atoms with E-state index in [9.17, 15) is 22.8 Å². The monoisotopic (exact) mass is 482 g/mol. The topological polar surface area (TPSA) is 87.8 Å². The molecule has 4 aromatic rings. The Kier molecular flexibility index (Phi) is 5.31. The Hall–Kier alpha value is -4.54. The average molecular weight is 482 g/mol. The second-order valence-corrected chi connectivity index (χ2v) is 7.63. The predicted octanol–water partition coefficient (Wildman–Crippen LogP) is 5.36. The van der Waals surface area contributed by atoms with Crippen LogP contribution in [0.15, 0.2) is 67.0 Å². The van der Waals surface area contributed by atoms with E-state index in [2.05, 4.69) is 9.97 Å². The van der Waals surface area contributed by atoms with Crippen molar-refractivity contribution in [3.63, 3.8) is 0 Å². The van der Waals surface area contributed by atoms with Crippen LogP contribution in [0.3, 0.4) is 0 Å². The summed E-state index contributed by atoms with van der Waals surface area (Å²) in [6.45, 7) is -0.413. The lowest BCUT2D eigenvalue weighted by Crippen LogP contribution is -2.33. The molecular weight excluding hydrogens is 465 g/mol. The van der Waals surface area contributed by atoms with Gasteiger partial charge in [-0.1, -0.05) is 6.07 Å². The Morgan fingerprint density at radius 2 is 1.86 bits per heavy atom. The SMILES string of the molecule is COc1cc(Oc2ccnc3[nH]ccc23)ccc1N1C(=O)CN(c2cccc(C(F)(F)F)c2)C1=O. The first-order valence-corrected chi connectivity index (χ1v) is 10.4. The van der Waals surface area contributed by atoms with Gasteiger partial charge in [-0.2, -0.15) is 13.2 Å². The first-order valence-electron chi connectivity index (χ1n) is 10.4. The van der Waals surface area contributed by atoms with Gasteiger partial charge in [0.1, 0.15) is 29.4 Å². The highest BCUT2D eigenvalue weighted by Crippen LogP contribution is 2.39. The summed E-state index contributed by atoms with van der Waals surface area (Å²) < 4.78 is 50.7. The second kappa shape index (κ2) is 8.35. The fraction of sp³-hybridized carbons (Fsp3) is 0.125. The number of H-pyrrole nitrogens is 1. The molecule has 2 aromatic heterocycles. The lowest BCUT2D eigenvalue weighted by molar-refractivity contribution is -0.137. The molecule has 1 aliphatic rings. The van der Waals surface area contributed by atoms with E-state index in [1.54, 1.807) is 24.5 Å². The molecule has 0 saturated carbocycles. The molecule has 35 heavy (non-hydrogen) atoms. The number of alkyl halides is 3. The summed E-state index contributed by atoms with van der Waals surface area (Å²) in [7, 11) is 1.37. The van der Waals surface area contributed by atoms with Gasteiger partial charge in [0.15, 0.2) is 0 Å². The number of hydrogen-bond donors (Lipinski definition) is 1. The summed E-state index contributed by atoms with van der Waals surface area (Å²) in [4.78, 5) is 34.9. The highest BCUT2D eigenvalue weighted by atomic mass is 19.4. The van der Waals surface area contributed by atoms with Crippen molar-refractivity contribution >= 4 is 34.3 Å². The Morgan fingerprint density at radius 3 is 2.63 bits per heavy atom. The van der Waals surface area contributed by atoms with Gasteiger partial charge in [0.05, 0.1) is 23.7 Å². The van der Waals surface area contributed by atoms with Crippen LogP contribution in [0.4, 0.5) is 29.3 Å². The van der Waals surface area contributed by atoms with E-state index in [-0.39, 0.29) is 17.1 Å². The highest BCUT2D eigenvalue weighted by Gasteiger charge is 2.40. The number of ether oxygens (including phenoxy) is 2. The standard InChI is InChI=1S/C24H17F3N4O4/c1-34-20-12-16(35-19-8-10-29-22-17(19)7-9-28-22)5-6-18(20)31-21(32)13-30(23(31)33)15-4-2-3-14(11-15)24(25,26)27/h2-12H,13H2,1H3,(H,28,29). The molecule has 8 nitrogen and oxygen atoms in total. The van der Waals surface area contributed by atoms with E-state index in [0.717, 1.165) is 27.3 Å². The van der Waals surface area contributed by atoms with Gasteiger partial charge in [0, 0.05) is 24.1 Å². The molecule has 5 rings (SSSR count). The summed E-state index contributed by atoms with van der Waals surface area (Å²) in [6, 6.07) is 11.5. The molecule has 0 spiro atoms. The maximum atomic E-state index is 13.1. The number of halogens is 3. The number of nitrogens with zero attached hydrogens (tertiary/aromatic N) is 3. The Labute approximate surface area is 196 Å². The third-order valence-electron chi connectivity index (χ3n) is 5.49. The van der Waals surface area contributed by atoms with Crippen molar-refractivity contribution < 1.29 is 32.2 Å². The van der Waals surface area contributed by atoms with Crippen molar-refractivity contribution in [2.24, 2.45) is 0 Å². The number of benzene rings is 2. The molecule has 0 unspecified atom stereocenters. The summed E-state index contributed by atoms with van der Waals surface area (Å²) in [5, 5.41) is 0.761. The van der Waals surface area contributed by atoms with Crippen molar-refractivity contribution in [3.8, 4) is 17.2 Å². The van der Waals surface area contributed by atoms with Crippen LogP contribution in [0.25, 0.3) is 11.0 Å². The number of nitrogens with one attached hydrogen (secondary N) is 1. The van der Waals surface area contributed by atoms with Crippen molar-refractivity contribution in [2.45, 2.75) is 6.18 Å². The number of rotatable bonds is 5. The van der Waals surface area contributed by atoms with Gasteiger partial charge in [-0.25, -0.2) is 14.7 Å². The van der Waals surface area contributed by atoms with Crippen molar-refractivity contribution in [3.05, 3.63) is 72.6 Å². The first-order chi connectivity index (χ1) is 16.8. The maximum Gasteiger partial charge on any atom is 0.416 e. The Bertz CT molecular complexity index is 1450. The molecule has 1 aliphatic heterocycles. The quantitative estimate of drug-likeness (QED) is 0.387. The fourth-order valence-corrected chi connectivity index (χ4v) is 3.85. The normalized spacial score (nSPS) is 14.2. The van der Waals surface area contributed by atoms with Crippen molar-refractivity contribution in [1.82, 2.24) is 9.97 Å². The first kappa shape index (κ1) is 22.3. The second-order valence-electron chi connectivity index (χ2n) is 7.63. The van der Waals surface area contributed by atoms with Crippen LogP contribution < -0.4 is 19.3 Å². The number of hydrogen-bond acceptors (Lipinski definition) is 5. The number of imide groups is 1. The van der Waals surface area contributed by atoms with Gasteiger partial charge in [-0.05, 0) is 42.5 Å². The minimum atomic E-state index is -4.58. The van der Waals surface area contributed by atoms with E-state index in [1.165, 1.54) is 31.4 Å².